The van der Waals surface area contributed by atoms with Gasteiger partial charge in [0.2, 0.25) is 5.88 Å². The Balaban J connectivity index is 1.23. The van der Waals surface area contributed by atoms with E-state index in [1.165, 1.54) is 28.5 Å². The summed E-state index contributed by atoms with van der Waals surface area (Å²) in [5.74, 6) is 0.795. The minimum Gasteiger partial charge on any atom is -0.475 e. The number of anilines is 1. The lowest BCUT2D eigenvalue weighted by molar-refractivity contribution is -0.0687. The first-order valence-corrected chi connectivity index (χ1v) is 13.9. The lowest BCUT2D eigenvalue weighted by Gasteiger charge is -2.44. The molecule has 3 N–H and O–H groups in total. The first kappa shape index (κ1) is 23.0. The predicted molar refractivity (Wildman–Crippen MR) is 131 cm³/mol. The number of aromatic nitrogens is 2. The molecule has 4 aliphatic rings. The van der Waals surface area contributed by atoms with Gasteiger partial charge in [-0.3, -0.25) is 4.90 Å². The Morgan fingerprint density at radius 2 is 2.11 bits per heavy atom. The summed E-state index contributed by atoms with van der Waals surface area (Å²) >= 11 is 0. The Hall–Kier alpha value is -2.47. The fourth-order valence-electron chi connectivity index (χ4n) is 5.89. The molecule has 2 aliphatic heterocycles. The molecular formula is C24H32N6O4S. The molecule has 35 heavy (non-hydrogen) atoms. The summed E-state index contributed by atoms with van der Waals surface area (Å²) in [6.45, 7) is 4.94. The number of carbonyl (C=O) groups excluding carboxylic acids is 1. The van der Waals surface area contributed by atoms with Crippen LogP contribution in [0.3, 0.4) is 0 Å². The lowest BCUT2D eigenvalue weighted by Crippen LogP contribution is -2.59. The quantitative estimate of drug-likeness (QED) is 0.665. The fourth-order valence-corrected chi connectivity index (χ4v) is 6.89. The molecule has 6 rings (SSSR count). The Kier molecular flexibility index (Phi) is 5.63. The maximum Gasteiger partial charge on any atom is 0.354 e. The van der Waals surface area contributed by atoms with Gasteiger partial charge in [0.25, 0.3) is 0 Å². The molecule has 3 atom stereocenters. The van der Waals surface area contributed by atoms with Crippen molar-refractivity contribution in [2.45, 2.75) is 68.5 Å². The first-order chi connectivity index (χ1) is 16.8. The fraction of sp³-hybridized carbons (Fsp3) is 0.583. The zero-order chi connectivity index (χ0) is 24.3. The molecule has 1 fully saturated rings. The van der Waals surface area contributed by atoms with E-state index in [-0.39, 0.29) is 17.0 Å². The van der Waals surface area contributed by atoms with Crippen LogP contribution in [0.15, 0.2) is 21.5 Å². The van der Waals surface area contributed by atoms with E-state index >= 15 is 0 Å². The maximum absolute atomic E-state index is 13.4. The highest BCUT2D eigenvalue weighted by molar-refractivity contribution is 7.91. The summed E-state index contributed by atoms with van der Waals surface area (Å²) in [7, 11) is -1.82. The number of hydrogen-bond donors (Lipinski definition) is 2. The van der Waals surface area contributed by atoms with Crippen LogP contribution in [0.2, 0.25) is 0 Å². The van der Waals surface area contributed by atoms with E-state index in [9.17, 15) is 9.00 Å². The van der Waals surface area contributed by atoms with Crippen LogP contribution in [-0.4, -0.2) is 63.9 Å². The summed E-state index contributed by atoms with van der Waals surface area (Å²) < 4.78 is 30.2. The van der Waals surface area contributed by atoms with Gasteiger partial charge in [-0.05, 0) is 60.3 Å². The van der Waals surface area contributed by atoms with Gasteiger partial charge in [-0.1, -0.05) is 13.0 Å². The molecule has 2 amide bonds. The number of rotatable bonds is 4. The van der Waals surface area contributed by atoms with Gasteiger partial charge < -0.3 is 14.8 Å². The third-order valence-corrected chi connectivity index (χ3v) is 9.30. The Morgan fingerprint density at radius 3 is 2.91 bits per heavy atom. The Labute approximate surface area is 205 Å². The highest BCUT2D eigenvalue weighted by Gasteiger charge is 2.37. The maximum atomic E-state index is 13.4. The van der Waals surface area contributed by atoms with Crippen LogP contribution in [0, 0.1) is 0 Å². The topological polar surface area (TPSA) is 124 Å². The van der Waals surface area contributed by atoms with E-state index in [1.54, 1.807) is 11.8 Å². The minimum atomic E-state index is -3.54. The van der Waals surface area contributed by atoms with Gasteiger partial charge in [0, 0.05) is 25.9 Å². The van der Waals surface area contributed by atoms with Gasteiger partial charge in [-0.15, -0.1) is 4.36 Å². The molecule has 11 heteroatoms. The number of aryl methyl sites for hydroxylation is 1. The summed E-state index contributed by atoms with van der Waals surface area (Å²) in [6, 6.07) is 1.77. The smallest absolute Gasteiger partial charge is 0.354 e. The van der Waals surface area contributed by atoms with Crippen LogP contribution in [0.4, 0.5) is 10.5 Å². The molecule has 0 saturated carbocycles. The second kappa shape index (κ2) is 8.58. The van der Waals surface area contributed by atoms with Crippen molar-refractivity contribution in [1.82, 2.24) is 14.7 Å². The van der Waals surface area contributed by atoms with E-state index in [1.807, 2.05) is 0 Å². The standard InChI is InChI=1S/C24H32N6O4S/c1-14-6-7-19-20(14)8-15-4-3-5-18(15)22(19)27-24(31)28-35(25,32)21-9-26-30-10-16(13-34-23(21)30)29-11-17(12-29)33-2/h8-9,14,16-17H,3-7,10-13H2,1-2H3,(H3,25,27,28,31,32). The van der Waals surface area contributed by atoms with Crippen LogP contribution in [-0.2, 0) is 40.5 Å². The van der Waals surface area contributed by atoms with Crippen LogP contribution < -0.4 is 15.2 Å². The predicted octanol–water partition coefficient (Wildman–Crippen LogP) is 2.45. The number of nitrogens with two attached hydrogens (primary N) is 1. The van der Waals surface area contributed by atoms with Crippen LogP contribution in [0.25, 0.3) is 0 Å². The number of likely N-dealkylation sites (tertiary alicyclic amines) is 1. The van der Waals surface area contributed by atoms with E-state index in [0.717, 1.165) is 50.9 Å². The van der Waals surface area contributed by atoms with Crippen LogP contribution >= 0.6 is 0 Å². The second-order valence-corrected chi connectivity index (χ2v) is 11.9. The van der Waals surface area contributed by atoms with Crippen LogP contribution in [0.5, 0.6) is 5.88 Å². The molecule has 2 aliphatic carbocycles. The molecule has 1 saturated heterocycles. The molecule has 1 aromatic heterocycles. The van der Waals surface area contributed by atoms with Gasteiger partial charge in [-0.25, -0.2) is 18.8 Å². The highest BCUT2D eigenvalue weighted by Crippen LogP contribution is 2.43. The van der Waals surface area contributed by atoms with E-state index < -0.39 is 15.9 Å². The average molecular weight is 501 g/mol. The average Bonchev–Trinajstić information content (AvgIpc) is 3.51. The number of fused-ring (bicyclic) bond motifs is 3. The van der Waals surface area contributed by atoms with Crippen molar-refractivity contribution in [2.75, 3.05) is 32.1 Å². The number of carbonyl (C=O) groups is 1. The molecule has 0 radical (unpaired) electrons. The summed E-state index contributed by atoms with van der Waals surface area (Å²) in [4.78, 5) is 15.4. The zero-order valence-electron chi connectivity index (χ0n) is 20.2. The SMILES string of the molecule is COC1CN(C2COc3c(S(N)(=O)=NC(=O)Nc4c5c(cc6c4CCC6C)CCC5)cnn3C2)C1. The number of hydrogen-bond acceptors (Lipinski definition) is 6. The molecule has 0 bridgehead atoms. The highest BCUT2D eigenvalue weighted by atomic mass is 32.2. The summed E-state index contributed by atoms with van der Waals surface area (Å²) in [5, 5.41) is 13.4. The molecule has 3 heterocycles. The molecule has 3 unspecified atom stereocenters. The largest absolute Gasteiger partial charge is 0.475 e. The Morgan fingerprint density at radius 1 is 1.29 bits per heavy atom. The molecular weight excluding hydrogens is 468 g/mol. The number of urea groups is 1. The third kappa shape index (κ3) is 3.94. The van der Waals surface area contributed by atoms with Gasteiger partial charge in [0.15, 0.2) is 9.92 Å². The molecule has 1 aromatic carbocycles. The van der Waals surface area contributed by atoms with Crippen molar-refractivity contribution < 1.29 is 18.5 Å². The number of nitrogens with zero attached hydrogens (tertiary/aromatic N) is 4. The van der Waals surface area contributed by atoms with Crippen molar-refractivity contribution in [2.24, 2.45) is 9.50 Å². The Bertz CT molecular complexity index is 1310. The minimum absolute atomic E-state index is 0.153. The number of ether oxygens (including phenoxy) is 2. The van der Waals surface area contributed by atoms with Crippen molar-refractivity contribution in [3.05, 3.63) is 34.5 Å². The van der Waals surface area contributed by atoms with E-state index in [2.05, 4.69) is 32.7 Å². The van der Waals surface area contributed by atoms with E-state index in [4.69, 9.17) is 14.6 Å². The molecule has 188 valence electrons. The number of amides is 2. The number of nitrogens with one attached hydrogen (secondary N) is 1. The van der Waals surface area contributed by atoms with Crippen molar-refractivity contribution in [3.63, 3.8) is 0 Å². The van der Waals surface area contributed by atoms with Crippen molar-refractivity contribution >= 4 is 21.6 Å². The lowest BCUT2D eigenvalue weighted by atomic mass is 9.96. The van der Waals surface area contributed by atoms with Crippen LogP contribution in [0.1, 0.15) is 47.9 Å². The third-order valence-electron chi connectivity index (χ3n) is 7.95. The van der Waals surface area contributed by atoms with Crippen molar-refractivity contribution in [3.8, 4) is 5.88 Å². The molecule has 0 spiro atoms. The molecule has 10 nitrogen and oxygen atoms in total. The second-order valence-electron chi connectivity index (χ2n) is 10.1. The van der Waals surface area contributed by atoms with Gasteiger partial charge in [-0.2, -0.15) is 5.10 Å². The number of methoxy groups -OCH3 is 1. The molecule has 2 aromatic rings. The van der Waals surface area contributed by atoms with Gasteiger partial charge >= 0.3 is 6.03 Å². The van der Waals surface area contributed by atoms with Gasteiger partial charge in [0.1, 0.15) is 11.5 Å². The van der Waals surface area contributed by atoms with Crippen molar-refractivity contribution in [1.29, 1.82) is 0 Å². The monoisotopic (exact) mass is 500 g/mol. The van der Waals surface area contributed by atoms with E-state index in [0.29, 0.717) is 24.9 Å². The summed E-state index contributed by atoms with van der Waals surface area (Å²) in [5.41, 5.74) is 5.83. The summed E-state index contributed by atoms with van der Waals surface area (Å²) in [6.07, 6.45) is 6.67. The van der Waals surface area contributed by atoms with Gasteiger partial charge in [0.05, 0.1) is 24.9 Å². The normalized spacial score (nSPS) is 25.1. The number of benzene rings is 1. The zero-order valence-corrected chi connectivity index (χ0v) is 21.0. The first-order valence-electron chi connectivity index (χ1n) is 12.3.